The van der Waals surface area contributed by atoms with E-state index in [-0.39, 0.29) is 5.95 Å². The van der Waals surface area contributed by atoms with Crippen molar-refractivity contribution in [3.8, 4) is 0 Å². The van der Waals surface area contributed by atoms with Gasteiger partial charge in [0.2, 0.25) is 0 Å². The third-order valence-corrected chi connectivity index (χ3v) is 3.27. The van der Waals surface area contributed by atoms with Crippen LogP contribution in [0.25, 0.3) is 10.9 Å². The Morgan fingerprint density at radius 3 is 2.59 bits per heavy atom. The van der Waals surface area contributed by atoms with E-state index in [9.17, 15) is 10.0 Å². The zero-order valence-electron chi connectivity index (χ0n) is 11.9. The molecule has 22 heavy (non-hydrogen) atoms. The highest BCUT2D eigenvalue weighted by Crippen LogP contribution is 2.10. The summed E-state index contributed by atoms with van der Waals surface area (Å²) in [6.45, 7) is 1.82. The Bertz CT molecular complexity index is 901. The first-order chi connectivity index (χ1) is 10.7. The molecule has 0 radical (unpaired) electrons. The van der Waals surface area contributed by atoms with Crippen LogP contribution in [0.1, 0.15) is 12.5 Å². The maximum absolute atomic E-state index is 12.0. The van der Waals surface area contributed by atoms with Gasteiger partial charge in [0.25, 0.3) is 11.5 Å². The third kappa shape index (κ3) is 2.54. The van der Waals surface area contributed by atoms with Crippen molar-refractivity contribution in [3.63, 3.8) is 0 Å². The maximum atomic E-state index is 12.0. The molecule has 3 aromatic rings. The van der Waals surface area contributed by atoms with E-state index in [0.29, 0.717) is 21.3 Å². The highest BCUT2D eigenvalue weighted by molar-refractivity contribution is 5.98. The van der Waals surface area contributed by atoms with Crippen molar-refractivity contribution >= 4 is 22.6 Å². The van der Waals surface area contributed by atoms with E-state index in [0.717, 1.165) is 5.56 Å². The number of benzene rings is 2. The van der Waals surface area contributed by atoms with Crippen molar-refractivity contribution in [1.82, 2.24) is 9.71 Å². The summed E-state index contributed by atoms with van der Waals surface area (Å²) < 4.78 is 0.462. The predicted octanol–water partition coefficient (Wildman–Crippen LogP) is 2.47. The van der Waals surface area contributed by atoms with E-state index in [1.807, 2.05) is 37.3 Å². The lowest BCUT2D eigenvalue weighted by Gasteiger charge is -2.07. The SMILES string of the molecule is C/C(=N/Nc1nc2ccccc2c(=O)n1O)c1ccccc1. The van der Waals surface area contributed by atoms with Gasteiger partial charge in [0, 0.05) is 0 Å². The van der Waals surface area contributed by atoms with Crippen molar-refractivity contribution in [1.29, 1.82) is 0 Å². The van der Waals surface area contributed by atoms with Crippen LogP contribution in [0.5, 0.6) is 0 Å². The number of hydrazone groups is 1. The fourth-order valence-corrected chi connectivity index (χ4v) is 2.07. The summed E-state index contributed by atoms with van der Waals surface area (Å²) in [7, 11) is 0. The lowest BCUT2D eigenvalue weighted by molar-refractivity contribution is 0.179. The Hall–Kier alpha value is -3.15. The molecule has 1 heterocycles. The fraction of sp³-hybridized carbons (Fsp3) is 0.0625. The Morgan fingerprint density at radius 1 is 1.14 bits per heavy atom. The number of anilines is 1. The summed E-state index contributed by atoms with van der Waals surface area (Å²) in [5, 5.41) is 14.4. The minimum Gasteiger partial charge on any atom is -0.422 e. The van der Waals surface area contributed by atoms with E-state index < -0.39 is 5.56 Å². The van der Waals surface area contributed by atoms with Crippen molar-refractivity contribution in [2.75, 3.05) is 5.43 Å². The standard InChI is InChI=1S/C16H14N4O2/c1-11(12-7-3-2-4-8-12)18-19-16-17-14-10-6-5-9-13(14)15(21)20(16)22/h2-10,22H,1H3,(H,17,19)/b18-11-. The Kier molecular flexibility index (Phi) is 3.57. The average Bonchev–Trinajstić information content (AvgIpc) is 2.57. The molecule has 0 saturated heterocycles. The van der Waals surface area contributed by atoms with Crippen LogP contribution in [0, 0.1) is 0 Å². The van der Waals surface area contributed by atoms with Crippen LogP contribution in [0.4, 0.5) is 5.95 Å². The molecule has 0 fully saturated rings. The van der Waals surface area contributed by atoms with Gasteiger partial charge in [-0.3, -0.25) is 4.79 Å². The summed E-state index contributed by atoms with van der Waals surface area (Å²) in [5.74, 6) is -0.0287. The van der Waals surface area contributed by atoms with Gasteiger partial charge in [0.1, 0.15) is 0 Å². The fourth-order valence-electron chi connectivity index (χ4n) is 2.07. The van der Waals surface area contributed by atoms with E-state index in [1.54, 1.807) is 24.3 Å². The van der Waals surface area contributed by atoms with Crippen LogP contribution < -0.4 is 11.0 Å². The maximum Gasteiger partial charge on any atom is 0.295 e. The molecule has 0 aliphatic heterocycles. The quantitative estimate of drug-likeness (QED) is 0.442. The van der Waals surface area contributed by atoms with Crippen molar-refractivity contribution in [3.05, 3.63) is 70.5 Å². The number of aromatic nitrogens is 2. The predicted molar refractivity (Wildman–Crippen MR) is 85.5 cm³/mol. The average molecular weight is 294 g/mol. The number of fused-ring (bicyclic) bond motifs is 1. The van der Waals surface area contributed by atoms with E-state index in [2.05, 4.69) is 15.5 Å². The molecule has 6 heteroatoms. The zero-order chi connectivity index (χ0) is 15.5. The van der Waals surface area contributed by atoms with Gasteiger partial charge in [-0.15, -0.1) is 4.73 Å². The van der Waals surface area contributed by atoms with Crippen LogP contribution in [0.3, 0.4) is 0 Å². The summed E-state index contributed by atoms with van der Waals surface area (Å²) in [6, 6.07) is 16.4. The minimum atomic E-state index is -0.541. The molecule has 0 aliphatic rings. The van der Waals surface area contributed by atoms with Gasteiger partial charge < -0.3 is 5.21 Å². The molecule has 3 rings (SSSR count). The normalized spacial score (nSPS) is 11.6. The molecule has 0 saturated carbocycles. The molecule has 0 aliphatic carbocycles. The second-order valence-corrected chi connectivity index (χ2v) is 4.74. The van der Waals surface area contributed by atoms with Gasteiger partial charge >= 0.3 is 0 Å². The highest BCUT2D eigenvalue weighted by Gasteiger charge is 2.09. The number of hydrogen-bond donors (Lipinski definition) is 2. The molecule has 110 valence electrons. The first-order valence-electron chi connectivity index (χ1n) is 6.73. The first-order valence-corrected chi connectivity index (χ1v) is 6.73. The second-order valence-electron chi connectivity index (χ2n) is 4.74. The molecule has 0 unspecified atom stereocenters. The number of para-hydroxylation sites is 1. The van der Waals surface area contributed by atoms with Gasteiger partial charge in [0.15, 0.2) is 0 Å². The van der Waals surface area contributed by atoms with Crippen LogP contribution in [-0.4, -0.2) is 20.6 Å². The van der Waals surface area contributed by atoms with Gasteiger partial charge in [0.05, 0.1) is 16.6 Å². The number of nitrogens with one attached hydrogen (secondary N) is 1. The van der Waals surface area contributed by atoms with E-state index in [4.69, 9.17) is 0 Å². The summed E-state index contributed by atoms with van der Waals surface area (Å²) >= 11 is 0. The number of rotatable bonds is 3. The molecule has 1 aromatic heterocycles. The molecule has 0 amide bonds. The molecule has 2 N–H and O–H groups in total. The van der Waals surface area contributed by atoms with Crippen molar-refractivity contribution < 1.29 is 5.21 Å². The van der Waals surface area contributed by atoms with Crippen molar-refractivity contribution in [2.24, 2.45) is 5.10 Å². The number of hydrogen-bond acceptors (Lipinski definition) is 5. The van der Waals surface area contributed by atoms with Crippen LogP contribution in [-0.2, 0) is 0 Å². The van der Waals surface area contributed by atoms with Gasteiger partial charge in [-0.1, -0.05) is 42.5 Å². The van der Waals surface area contributed by atoms with Gasteiger partial charge in [-0.05, 0) is 24.6 Å². The highest BCUT2D eigenvalue weighted by atomic mass is 16.5. The summed E-state index contributed by atoms with van der Waals surface area (Å²) in [6.07, 6.45) is 0. The monoisotopic (exact) mass is 294 g/mol. The lowest BCUT2D eigenvalue weighted by Crippen LogP contribution is -2.22. The van der Waals surface area contributed by atoms with Crippen molar-refractivity contribution in [2.45, 2.75) is 6.92 Å². The van der Waals surface area contributed by atoms with E-state index in [1.165, 1.54) is 0 Å². The zero-order valence-corrected chi connectivity index (χ0v) is 11.9. The first kappa shape index (κ1) is 13.8. The molecule has 0 atom stereocenters. The smallest absolute Gasteiger partial charge is 0.295 e. The minimum absolute atomic E-state index is 0.0287. The summed E-state index contributed by atoms with van der Waals surface area (Å²) in [5.41, 5.74) is 4.23. The lowest BCUT2D eigenvalue weighted by atomic mass is 10.1. The molecule has 2 aromatic carbocycles. The van der Waals surface area contributed by atoms with Crippen LogP contribution in [0.2, 0.25) is 0 Å². The Labute approximate surface area is 126 Å². The molecular formula is C16H14N4O2. The number of nitrogens with zero attached hydrogens (tertiary/aromatic N) is 3. The third-order valence-electron chi connectivity index (χ3n) is 3.27. The topological polar surface area (TPSA) is 79.5 Å². The molecule has 0 spiro atoms. The van der Waals surface area contributed by atoms with Crippen LogP contribution in [0.15, 0.2) is 64.5 Å². The van der Waals surface area contributed by atoms with Gasteiger partial charge in [-0.2, -0.15) is 5.10 Å². The largest absolute Gasteiger partial charge is 0.422 e. The van der Waals surface area contributed by atoms with Gasteiger partial charge in [-0.25, -0.2) is 10.4 Å². The second kappa shape index (κ2) is 5.69. The molecule has 6 nitrogen and oxygen atoms in total. The van der Waals surface area contributed by atoms with Crippen LogP contribution >= 0.6 is 0 Å². The Balaban J connectivity index is 1.98. The summed E-state index contributed by atoms with van der Waals surface area (Å²) in [4.78, 5) is 16.2. The Morgan fingerprint density at radius 2 is 1.82 bits per heavy atom. The molecular weight excluding hydrogens is 280 g/mol. The van der Waals surface area contributed by atoms with E-state index >= 15 is 0 Å². The molecule has 0 bridgehead atoms.